The zero-order valence-corrected chi connectivity index (χ0v) is 13.9. The van der Waals surface area contributed by atoms with Gasteiger partial charge in [-0.05, 0) is 30.9 Å². The molecule has 2 aromatic rings. The molecule has 24 heavy (non-hydrogen) atoms. The van der Waals surface area contributed by atoms with Crippen LogP contribution in [0.5, 0.6) is 5.75 Å². The standard InChI is InChI=1S/C18H21N3O3/c1-12-7-9-20(10-8-12)14-5-3-4-6-15(14)21-11-16(23)18(24)17(19-21)13(2)22/h3-6,11-12,23H,7-10H2,1-2H3. The van der Waals surface area contributed by atoms with Gasteiger partial charge in [-0.3, -0.25) is 9.59 Å². The highest BCUT2D eigenvalue weighted by Gasteiger charge is 2.20. The van der Waals surface area contributed by atoms with Crippen LogP contribution in [0.4, 0.5) is 5.69 Å². The summed E-state index contributed by atoms with van der Waals surface area (Å²) in [5.41, 5.74) is 0.736. The van der Waals surface area contributed by atoms with E-state index in [1.54, 1.807) is 0 Å². The van der Waals surface area contributed by atoms with Crippen molar-refractivity contribution >= 4 is 11.5 Å². The smallest absolute Gasteiger partial charge is 0.252 e. The lowest BCUT2D eigenvalue weighted by molar-refractivity contribution is 0.100. The minimum atomic E-state index is -0.733. The molecule has 6 heteroatoms. The van der Waals surface area contributed by atoms with Gasteiger partial charge in [-0.15, -0.1) is 0 Å². The van der Waals surface area contributed by atoms with Gasteiger partial charge in [-0.25, -0.2) is 4.68 Å². The topological polar surface area (TPSA) is 75.4 Å². The van der Waals surface area contributed by atoms with E-state index < -0.39 is 17.0 Å². The van der Waals surface area contributed by atoms with E-state index in [9.17, 15) is 14.7 Å². The second-order valence-corrected chi connectivity index (χ2v) is 6.35. The highest BCUT2D eigenvalue weighted by atomic mass is 16.3. The lowest BCUT2D eigenvalue weighted by atomic mass is 9.98. The molecule has 2 heterocycles. The van der Waals surface area contributed by atoms with Gasteiger partial charge in [0.25, 0.3) is 5.43 Å². The van der Waals surface area contributed by atoms with Crippen molar-refractivity contribution in [3.63, 3.8) is 0 Å². The van der Waals surface area contributed by atoms with E-state index in [0.29, 0.717) is 5.92 Å². The first kappa shape index (κ1) is 16.2. The molecule has 6 nitrogen and oxygen atoms in total. The van der Waals surface area contributed by atoms with Gasteiger partial charge >= 0.3 is 0 Å². The number of anilines is 1. The fourth-order valence-electron chi connectivity index (χ4n) is 3.01. The molecule has 0 saturated carbocycles. The fourth-order valence-corrected chi connectivity index (χ4v) is 3.01. The first-order chi connectivity index (χ1) is 11.5. The molecule has 0 unspecified atom stereocenters. The predicted molar refractivity (Wildman–Crippen MR) is 92.1 cm³/mol. The number of rotatable bonds is 3. The van der Waals surface area contributed by atoms with Crippen LogP contribution in [0.15, 0.2) is 35.3 Å². The number of carbonyl (C=O) groups is 1. The van der Waals surface area contributed by atoms with E-state index in [2.05, 4.69) is 16.9 Å². The maximum absolute atomic E-state index is 11.9. The average Bonchev–Trinajstić information content (AvgIpc) is 2.57. The van der Waals surface area contributed by atoms with Gasteiger partial charge in [0.1, 0.15) is 0 Å². The van der Waals surface area contributed by atoms with Crippen molar-refractivity contribution in [2.45, 2.75) is 26.7 Å². The normalized spacial score (nSPS) is 15.5. The van der Waals surface area contributed by atoms with Crippen molar-refractivity contribution < 1.29 is 9.90 Å². The van der Waals surface area contributed by atoms with Gasteiger partial charge in [0.15, 0.2) is 17.2 Å². The molecule has 1 saturated heterocycles. The van der Waals surface area contributed by atoms with Crippen LogP contribution in [0, 0.1) is 5.92 Å². The predicted octanol–water partition coefficient (Wildman–Crippen LogP) is 2.38. The highest BCUT2D eigenvalue weighted by molar-refractivity contribution is 5.92. The summed E-state index contributed by atoms with van der Waals surface area (Å²) in [5.74, 6) is -0.224. The average molecular weight is 327 g/mol. The number of hydrogen-bond donors (Lipinski definition) is 1. The van der Waals surface area contributed by atoms with Gasteiger partial charge in [0.05, 0.1) is 17.6 Å². The fraction of sp³-hybridized carbons (Fsp3) is 0.389. The number of para-hydroxylation sites is 2. The molecule has 0 amide bonds. The Morgan fingerprint density at radius 2 is 1.83 bits per heavy atom. The Morgan fingerprint density at radius 3 is 2.46 bits per heavy atom. The molecular formula is C18H21N3O3. The maximum atomic E-state index is 11.9. The number of aromatic hydroxyl groups is 1. The lowest BCUT2D eigenvalue weighted by Crippen LogP contribution is -2.33. The zero-order chi connectivity index (χ0) is 17.3. The summed E-state index contributed by atoms with van der Waals surface area (Å²) in [7, 11) is 0. The van der Waals surface area contributed by atoms with Crippen LogP contribution in [0.2, 0.25) is 0 Å². The summed E-state index contributed by atoms with van der Waals surface area (Å²) in [4.78, 5) is 25.8. The number of Topliss-reactive ketones (excluding diaryl/α,β-unsaturated/α-hetero) is 1. The molecule has 3 rings (SSSR count). The lowest BCUT2D eigenvalue weighted by Gasteiger charge is -2.33. The summed E-state index contributed by atoms with van der Waals surface area (Å²) < 4.78 is 1.42. The van der Waals surface area contributed by atoms with Gasteiger partial charge in [-0.2, -0.15) is 5.10 Å². The summed E-state index contributed by atoms with van der Waals surface area (Å²) >= 11 is 0. The summed E-state index contributed by atoms with van der Waals surface area (Å²) in [6, 6.07) is 7.69. The number of piperidine rings is 1. The zero-order valence-electron chi connectivity index (χ0n) is 13.9. The van der Waals surface area contributed by atoms with E-state index in [1.165, 1.54) is 17.8 Å². The monoisotopic (exact) mass is 327 g/mol. The number of aromatic nitrogens is 2. The third-order valence-corrected chi connectivity index (χ3v) is 4.49. The van der Waals surface area contributed by atoms with E-state index in [0.717, 1.165) is 37.3 Å². The van der Waals surface area contributed by atoms with Crippen molar-refractivity contribution in [1.29, 1.82) is 0 Å². The molecule has 1 aromatic carbocycles. The van der Waals surface area contributed by atoms with Crippen molar-refractivity contribution in [1.82, 2.24) is 9.78 Å². The Hall–Kier alpha value is -2.63. The Labute approximate surface area is 140 Å². The molecule has 0 bridgehead atoms. The van der Waals surface area contributed by atoms with Crippen LogP contribution in [0.25, 0.3) is 5.69 Å². The highest BCUT2D eigenvalue weighted by Crippen LogP contribution is 2.28. The molecule has 126 valence electrons. The van der Waals surface area contributed by atoms with Crippen molar-refractivity contribution in [2.24, 2.45) is 5.92 Å². The maximum Gasteiger partial charge on any atom is 0.252 e. The Morgan fingerprint density at radius 1 is 1.21 bits per heavy atom. The largest absolute Gasteiger partial charge is 0.503 e. The third kappa shape index (κ3) is 3.04. The van der Waals surface area contributed by atoms with Gasteiger partial charge < -0.3 is 10.0 Å². The summed E-state index contributed by atoms with van der Waals surface area (Å²) in [6.45, 7) is 5.42. The molecule has 1 aliphatic rings. The van der Waals surface area contributed by atoms with Crippen LogP contribution in [0.1, 0.15) is 37.2 Å². The minimum absolute atomic E-state index is 0.253. The van der Waals surface area contributed by atoms with E-state index >= 15 is 0 Å². The van der Waals surface area contributed by atoms with Gasteiger partial charge in [0.2, 0.25) is 0 Å². The van der Waals surface area contributed by atoms with Crippen LogP contribution in [0.3, 0.4) is 0 Å². The Bertz CT molecular complexity index is 820. The molecule has 1 aliphatic heterocycles. The number of ketones is 1. The number of hydrogen-bond acceptors (Lipinski definition) is 5. The number of nitrogens with zero attached hydrogens (tertiary/aromatic N) is 3. The van der Waals surface area contributed by atoms with Gasteiger partial charge in [-0.1, -0.05) is 19.1 Å². The quantitative estimate of drug-likeness (QED) is 0.876. The van der Waals surface area contributed by atoms with Crippen molar-refractivity contribution in [2.75, 3.05) is 18.0 Å². The van der Waals surface area contributed by atoms with E-state index in [4.69, 9.17) is 0 Å². The second-order valence-electron chi connectivity index (χ2n) is 6.35. The number of carbonyl (C=O) groups excluding carboxylic acids is 1. The van der Waals surface area contributed by atoms with Crippen molar-refractivity contribution in [3.8, 4) is 11.4 Å². The van der Waals surface area contributed by atoms with Crippen LogP contribution in [-0.4, -0.2) is 33.8 Å². The molecule has 0 spiro atoms. The molecular weight excluding hydrogens is 306 g/mol. The van der Waals surface area contributed by atoms with Gasteiger partial charge in [0, 0.05) is 20.0 Å². The molecule has 1 aromatic heterocycles. The molecule has 0 atom stereocenters. The Kier molecular flexibility index (Phi) is 4.38. The van der Waals surface area contributed by atoms with E-state index in [1.807, 2.05) is 24.3 Å². The molecule has 1 fully saturated rings. The second kappa shape index (κ2) is 6.47. The number of benzene rings is 1. The van der Waals surface area contributed by atoms with Crippen LogP contribution < -0.4 is 10.3 Å². The Balaban J connectivity index is 2.08. The minimum Gasteiger partial charge on any atom is -0.503 e. The van der Waals surface area contributed by atoms with Crippen LogP contribution >= 0.6 is 0 Å². The first-order valence-corrected chi connectivity index (χ1v) is 8.15. The molecule has 0 radical (unpaired) electrons. The molecule has 1 N–H and O–H groups in total. The van der Waals surface area contributed by atoms with Crippen LogP contribution in [-0.2, 0) is 0 Å². The summed E-state index contributed by atoms with van der Waals surface area (Å²) in [5, 5.41) is 14.0. The SMILES string of the molecule is CC(=O)c1nn(-c2ccccc2N2CCC(C)CC2)cc(O)c1=O. The third-order valence-electron chi connectivity index (χ3n) is 4.49. The van der Waals surface area contributed by atoms with Crippen molar-refractivity contribution in [3.05, 3.63) is 46.4 Å². The summed E-state index contributed by atoms with van der Waals surface area (Å²) in [6.07, 6.45) is 3.51. The molecule has 0 aliphatic carbocycles. The van der Waals surface area contributed by atoms with E-state index in [-0.39, 0.29) is 5.69 Å². The first-order valence-electron chi connectivity index (χ1n) is 8.15.